The Kier molecular flexibility index (Phi) is 5.53. The van der Waals surface area contributed by atoms with Crippen LogP contribution in [0.1, 0.15) is 20.8 Å². The first-order valence-electron chi connectivity index (χ1n) is 5.37. The van der Waals surface area contributed by atoms with Gasteiger partial charge >= 0.3 is 0 Å². The third kappa shape index (κ3) is 3.41. The first kappa shape index (κ1) is 13.4. The van der Waals surface area contributed by atoms with E-state index in [1.165, 1.54) is 0 Å². The third-order valence-corrected chi connectivity index (χ3v) is 5.36. The molecule has 0 unspecified atom stereocenters. The minimum atomic E-state index is -0.227. The molecule has 0 aliphatic carbocycles. The number of aliphatic hydroxyl groups excluding tert-OH is 1. The SMILES string of the molecule is CCSC(SCC)[C@]1(C)C=C[C@@H](CO)O1. The quantitative estimate of drug-likeness (QED) is 0.578. The zero-order valence-corrected chi connectivity index (χ0v) is 11.2. The van der Waals surface area contributed by atoms with E-state index in [9.17, 15) is 0 Å². The average Bonchev–Trinajstić information content (AvgIpc) is 2.61. The number of rotatable bonds is 6. The monoisotopic (exact) mass is 248 g/mol. The van der Waals surface area contributed by atoms with Crippen molar-refractivity contribution in [1.82, 2.24) is 0 Å². The molecule has 1 aliphatic rings. The lowest BCUT2D eigenvalue weighted by molar-refractivity contribution is -0.0234. The summed E-state index contributed by atoms with van der Waals surface area (Å²) in [4.78, 5) is 0. The van der Waals surface area contributed by atoms with Crippen LogP contribution in [0.4, 0.5) is 0 Å². The highest BCUT2D eigenvalue weighted by Gasteiger charge is 2.38. The molecule has 0 aromatic heterocycles. The van der Waals surface area contributed by atoms with Crippen LogP contribution >= 0.6 is 23.5 Å². The second kappa shape index (κ2) is 6.18. The predicted octanol–water partition coefficient (Wildman–Crippen LogP) is 2.52. The molecule has 0 aromatic carbocycles. The van der Waals surface area contributed by atoms with Crippen LogP contribution in [0.15, 0.2) is 12.2 Å². The van der Waals surface area contributed by atoms with E-state index in [1.807, 2.05) is 29.6 Å². The van der Waals surface area contributed by atoms with Gasteiger partial charge in [0.1, 0.15) is 5.60 Å². The molecule has 2 nitrogen and oxygen atoms in total. The van der Waals surface area contributed by atoms with E-state index >= 15 is 0 Å². The maximum atomic E-state index is 9.05. The highest BCUT2D eigenvalue weighted by molar-refractivity contribution is 8.17. The smallest absolute Gasteiger partial charge is 0.105 e. The lowest BCUT2D eigenvalue weighted by Crippen LogP contribution is -2.36. The average molecular weight is 248 g/mol. The summed E-state index contributed by atoms with van der Waals surface area (Å²) >= 11 is 3.83. The van der Waals surface area contributed by atoms with Crippen molar-refractivity contribution in [2.75, 3.05) is 18.1 Å². The maximum absolute atomic E-state index is 9.05. The minimum absolute atomic E-state index is 0.0758. The molecule has 0 saturated carbocycles. The fraction of sp³-hybridized carbons (Fsp3) is 0.818. The lowest BCUT2D eigenvalue weighted by Gasteiger charge is -2.32. The van der Waals surface area contributed by atoms with Crippen LogP contribution in [0.3, 0.4) is 0 Å². The minimum Gasteiger partial charge on any atom is -0.393 e. The van der Waals surface area contributed by atoms with Crippen LogP contribution in [0.25, 0.3) is 0 Å². The van der Waals surface area contributed by atoms with Crippen molar-refractivity contribution in [3.8, 4) is 0 Å². The molecule has 0 amide bonds. The van der Waals surface area contributed by atoms with E-state index in [0.717, 1.165) is 11.5 Å². The highest BCUT2D eigenvalue weighted by Crippen LogP contribution is 2.39. The summed E-state index contributed by atoms with van der Waals surface area (Å²) in [6, 6.07) is 0. The summed E-state index contributed by atoms with van der Waals surface area (Å²) < 4.78 is 6.28. The summed E-state index contributed by atoms with van der Waals surface area (Å²) in [5, 5.41) is 9.05. The molecular weight excluding hydrogens is 228 g/mol. The molecule has 2 atom stereocenters. The fourth-order valence-electron chi connectivity index (χ4n) is 1.62. The zero-order valence-electron chi connectivity index (χ0n) is 9.60. The Morgan fingerprint density at radius 2 is 2.00 bits per heavy atom. The van der Waals surface area contributed by atoms with Crippen LogP contribution in [-0.2, 0) is 4.74 Å². The van der Waals surface area contributed by atoms with E-state index in [-0.39, 0.29) is 18.3 Å². The van der Waals surface area contributed by atoms with E-state index < -0.39 is 0 Å². The molecule has 1 N–H and O–H groups in total. The first-order valence-corrected chi connectivity index (χ1v) is 7.47. The number of hydrogen-bond donors (Lipinski definition) is 1. The van der Waals surface area contributed by atoms with Gasteiger partial charge in [-0.05, 0) is 18.4 Å². The molecule has 1 heterocycles. The Hall–Kier alpha value is 0.360. The molecule has 4 heteroatoms. The Morgan fingerprint density at radius 3 is 2.40 bits per heavy atom. The van der Waals surface area contributed by atoms with Gasteiger partial charge in [-0.3, -0.25) is 0 Å². The van der Waals surface area contributed by atoms with Crippen LogP contribution < -0.4 is 0 Å². The van der Waals surface area contributed by atoms with Crippen molar-refractivity contribution in [3.63, 3.8) is 0 Å². The van der Waals surface area contributed by atoms with Gasteiger partial charge in [-0.25, -0.2) is 0 Å². The van der Waals surface area contributed by atoms with Gasteiger partial charge in [0.15, 0.2) is 0 Å². The summed E-state index contributed by atoms with van der Waals surface area (Å²) in [7, 11) is 0. The summed E-state index contributed by atoms with van der Waals surface area (Å²) in [5.74, 6) is 2.18. The predicted molar refractivity (Wildman–Crippen MR) is 69.6 cm³/mol. The molecule has 1 aliphatic heterocycles. The van der Waals surface area contributed by atoms with Crippen molar-refractivity contribution in [2.45, 2.75) is 37.1 Å². The third-order valence-electron chi connectivity index (χ3n) is 2.33. The lowest BCUT2D eigenvalue weighted by atomic mass is 10.1. The van der Waals surface area contributed by atoms with Crippen molar-refractivity contribution in [3.05, 3.63) is 12.2 Å². The fourth-order valence-corrected chi connectivity index (χ4v) is 4.35. The van der Waals surface area contributed by atoms with Gasteiger partial charge in [0.25, 0.3) is 0 Å². The molecule has 0 aromatic rings. The molecular formula is C11H20O2S2. The first-order chi connectivity index (χ1) is 7.16. The van der Waals surface area contributed by atoms with Crippen LogP contribution in [0.2, 0.25) is 0 Å². The Morgan fingerprint density at radius 1 is 1.40 bits per heavy atom. The topological polar surface area (TPSA) is 29.5 Å². The summed E-state index contributed by atoms with van der Waals surface area (Å²) in [6.07, 6.45) is 3.95. The van der Waals surface area contributed by atoms with Gasteiger partial charge in [-0.15, -0.1) is 23.5 Å². The maximum Gasteiger partial charge on any atom is 0.105 e. The van der Waals surface area contributed by atoms with Gasteiger partial charge in [-0.2, -0.15) is 0 Å². The van der Waals surface area contributed by atoms with E-state index in [0.29, 0.717) is 4.58 Å². The Labute approximate surface area is 101 Å². The molecule has 1 rings (SSSR count). The van der Waals surface area contributed by atoms with Crippen molar-refractivity contribution >= 4 is 23.5 Å². The summed E-state index contributed by atoms with van der Waals surface area (Å²) in [5.41, 5.74) is -0.227. The standard InChI is InChI=1S/C11H20O2S2/c1-4-14-10(15-5-2)11(3)7-6-9(8-12)13-11/h6-7,9-10,12H,4-5,8H2,1-3H3/t9-,11-/m0/s1. The van der Waals surface area contributed by atoms with Crippen LogP contribution in [-0.4, -0.2) is 39.5 Å². The molecule has 15 heavy (non-hydrogen) atoms. The van der Waals surface area contributed by atoms with Crippen LogP contribution in [0, 0.1) is 0 Å². The number of aliphatic hydroxyl groups is 1. The number of thioether (sulfide) groups is 2. The Bertz CT molecular complexity index is 215. The van der Waals surface area contributed by atoms with Crippen molar-refractivity contribution < 1.29 is 9.84 Å². The van der Waals surface area contributed by atoms with Crippen molar-refractivity contribution in [1.29, 1.82) is 0 Å². The zero-order chi connectivity index (χ0) is 11.3. The van der Waals surface area contributed by atoms with Gasteiger partial charge in [0, 0.05) is 0 Å². The van der Waals surface area contributed by atoms with Crippen molar-refractivity contribution in [2.24, 2.45) is 0 Å². The number of ether oxygens (including phenoxy) is 1. The summed E-state index contributed by atoms with van der Waals surface area (Å²) in [6.45, 7) is 6.51. The van der Waals surface area contributed by atoms with Gasteiger partial charge in [0.05, 0.1) is 17.3 Å². The van der Waals surface area contributed by atoms with E-state index in [4.69, 9.17) is 9.84 Å². The molecule has 0 saturated heterocycles. The van der Waals surface area contributed by atoms with Gasteiger partial charge in [-0.1, -0.05) is 26.0 Å². The normalized spacial score (nSPS) is 30.3. The van der Waals surface area contributed by atoms with E-state index in [1.54, 1.807) is 0 Å². The van der Waals surface area contributed by atoms with Gasteiger partial charge in [0.2, 0.25) is 0 Å². The van der Waals surface area contributed by atoms with Gasteiger partial charge < -0.3 is 9.84 Å². The molecule has 0 fully saturated rings. The molecule has 0 radical (unpaired) electrons. The Balaban J connectivity index is 2.62. The second-order valence-corrected chi connectivity index (χ2v) is 6.69. The van der Waals surface area contributed by atoms with Crippen LogP contribution in [0.5, 0.6) is 0 Å². The highest BCUT2D eigenvalue weighted by atomic mass is 32.2. The second-order valence-electron chi connectivity index (χ2n) is 3.62. The molecule has 88 valence electrons. The number of hydrogen-bond acceptors (Lipinski definition) is 4. The largest absolute Gasteiger partial charge is 0.393 e. The molecule has 0 bridgehead atoms. The molecule has 0 spiro atoms. The van der Waals surface area contributed by atoms with E-state index in [2.05, 4.69) is 26.8 Å².